The highest BCUT2D eigenvalue weighted by Crippen LogP contribution is 2.25. The second-order valence-electron chi connectivity index (χ2n) is 6.44. The largest absolute Gasteiger partial charge is 0.457 e. The van der Waals surface area contributed by atoms with Crippen molar-refractivity contribution in [1.29, 1.82) is 0 Å². The third kappa shape index (κ3) is 5.55. The fraction of sp³-hybridized carbons (Fsp3) is 0.136. The minimum Gasteiger partial charge on any atom is -0.457 e. The number of benzene rings is 3. The molecule has 2 amide bonds. The molecule has 0 aliphatic carbocycles. The van der Waals surface area contributed by atoms with Crippen molar-refractivity contribution >= 4 is 23.1 Å². The molecule has 0 atom stereocenters. The summed E-state index contributed by atoms with van der Waals surface area (Å²) in [7, 11) is 0. The van der Waals surface area contributed by atoms with Crippen molar-refractivity contribution in [3.63, 3.8) is 0 Å². The molecular weight excluding hydrogens is 384 g/mol. The molecular formula is C22H22N4O4. The number of nitro benzene ring substituents is 1. The van der Waals surface area contributed by atoms with E-state index >= 15 is 0 Å². The zero-order valence-corrected chi connectivity index (χ0v) is 16.2. The van der Waals surface area contributed by atoms with Crippen LogP contribution in [0.4, 0.5) is 21.9 Å². The van der Waals surface area contributed by atoms with Gasteiger partial charge in [0.1, 0.15) is 11.5 Å². The maximum Gasteiger partial charge on any atom is 0.326 e. The van der Waals surface area contributed by atoms with Gasteiger partial charge < -0.3 is 15.8 Å². The lowest BCUT2D eigenvalue weighted by molar-refractivity contribution is -0.384. The molecule has 3 N–H and O–H groups in total. The molecule has 3 aromatic rings. The SMILES string of the molecule is NCCCN(C(=O)Nc1ccc([N+](=O)[O-])cc1)c1ccc(Oc2ccccc2)cc1. The van der Waals surface area contributed by atoms with E-state index in [2.05, 4.69) is 5.32 Å². The van der Waals surface area contributed by atoms with Crippen LogP contribution in [-0.4, -0.2) is 24.0 Å². The highest BCUT2D eigenvalue weighted by atomic mass is 16.6. The Morgan fingerprint density at radius 2 is 1.60 bits per heavy atom. The minimum absolute atomic E-state index is 0.0398. The first kappa shape index (κ1) is 20.8. The smallest absolute Gasteiger partial charge is 0.326 e. The van der Waals surface area contributed by atoms with E-state index in [0.717, 1.165) is 5.75 Å². The lowest BCUT2D eigenvalue weighted by Crippen LogP contribution is -2.36. The van der Waals surface area contributed by atoms with Crippen LogP contribution in [0.1, 0.15) is 6.42 Å². The van der Waals surface area contributed by atoms with Gasteiger partial charge in [-0.2, -0.15) is 0 Å². The molecule has 0 spiro atoms. The van der Waals surface area contributed by atoms with E-state index in [1.54, 1.807) is 29.2 Å². The number of hydrogen-bond donors (Lipinski definition) is 2. The molecule has 3 aromatic carbocycles. The first-order chi connectivity index (χ1) is 14.6. The van der Waals surface area contributed by atoms with Crippen LogP contribution in [0.15, 0.2) is 78.9 Å². The van der Waals surface area contributed by atoms with E-state index in [0.29, 0.717) is 36.6 Å². The molecule has 0 saturated carbocycles. The minimum atomic E-state index is -0.488. The number of urea groups is 1. The van der Waals surface area contributed by atoms with Gasteiger partial charge >= 0.3 is 6.03 Å². The fourth-order valence-electron chi connectivity index (χ4n) is 2.77. The van der Waals surface area contributed by atoms with Crippen LogP contribution in [0.3, 0.4) is 0 Å². The number of carbonyl (C=O) groups is 1. The Morgan fingerprint density at radius 1 is 0.967 bits per heavy atom. The number of nitro groups is 1. The monoisotopic (exact) mass is 406 g/mol. The fourth-order valence-corrected chi connectivity index (χ4v) is 2.77. The van der Waals surface area contributed by atoms with Crippen LogP contribution in [-0.2, 0) is 0 Å². The van der Waals surface area contributed by atoms with E-state index in [1.165, 1.54) is 24.3 Å². The summed E-state index contributed by atoms with van der Waals surface area (Å²) in [6.45, 7) is 0.866. The van der Waals surface area contributed by atoms with Crippen molar-refractivity contribution in [2.45, 2.75) is 6.42 Å². The van der Waals surface area contributed by atoms with Crippen LogP contribution in [0.5, 0.6) is 11.5 Å². The van der Waals surface area contributed by atoms with Gasteiger partial charge in [0.05, 0.1) is 4.92 Å². The Kier molecular flexibility index (Phi) is 6.96. The third-order valence-corrected chi connectivity index (χ3v) is 4.29. The second-order valence-corrected chi connectivity index (χ2v) is 6.44. The Balaban J connectivity index is 1.72. The number of anilines is 2. The first-order valence-corrected chi connectivity index (χ1v) is 9.43. The average Bonchev–Trinajstić information content (AvgIpc) is 2.76. The number of para-hydroxylation sites is 1. The summed E-state index contributed by atoms with van der Waals surface area (Å²) >= 11 is 0. The van der Waals surface area contributed by atoms with Crippen LogP contribution in [0.25, 0.3) is 0 Å². The lowest BCUT2D eigenvalue weighted by Gasteiger charge is -2.23. The van der Waals surface area contributed by atoms with Gasteiger partial charge in [0.2, 0.25) is 0 Å². The van der Waals surface area contributed by atoms with E-state index < -0.39 is 4.92 Å². The third-order valence-electron chi connectivity index (χ3n) is 4.29. The number of nitrogens with two attached hydrogens (primary N) is 1. The van der Waals surface area contributed by atoms with Gasteiger partial charge in [0, 0.05) is 30.1 Å². The number of amides is 2. The molecule has 0 heterocycles. The number of ether oxygens (including phenoxy) is 1. The first-order valence-electron chi connectivity index (χ1n) is 9.43. The Hall–Kier alpha value is -3.91. The molecule has 0 fully saturated rings. The van der Waals surface area contributed by atoms with Gasteiger partial charge in [-0.1, -0.05) is 18.2 Å². The number of rotatable bonds is 8. The predicted octanol–water partition coefficient (Wildman–Crippen LogP) is 4.77. The number of nitrogens with one attached hydrogen (secondary N) is 1. The summed E-state index contributed by atoms with van der Waals surface area (Å²) in [4.78, 5) is 24.7. The molecule has 3 rings (SSSR count). The summed E-state index contributed by atoms with van der Waals surface area (Å²) in [6.07, 6.45) is 0.621. The van der Waals surface area contributed by atoms with Crippen molar-refractivity contribution in [3.8, 4) is 11.5 Å². The van der Waals surface area contributed by atoms with E-state index in [9.17, 15) is 14.9 Å². The maximum atomic E-state index is 12.8. The molecule has 0 aliphatic rings. The Bertz CT molecular complexity index is 976. The lowest BCUT2D eigenvalue weighted by atomic mass is 10.2. The number of non-ortho nitro benzene ring substituents is 1. The van der Waals surface area contributed by atoms with Gasteiger partial charge in [-0.25, -0.2) is 4.79 Å². The molecule has 0 saturated heterocycles. The van der Waals surface area contributed by atoms with Crippen molar-refractivity contribution in [1.82, 2.24) is 0 Å². The molecule has 30 heavy (non-hydrogen) atoms. The number of nitrogens with zero attached hydrogens (tertiary/aromatic N) is 2. The molecule has 0 aromatic heterocycles. The van der Waals surface area contributed by atoms with E-state index in [4.69, 9.17) is 10.5 Å². The Labute approximate surface area is 174 Å². The number of carbonyl (C=O) groups excluding carboxylic acids is 1. The van der Waals surface area contributed by atoms with Crippen LogP contribution in [0, 0.1) is 10.1 Å². The molecule has 154 valence electrons. The molecule has 0 aliphatic heterocycles. The Morgan fingerprint density at radius 3 is 2.20 bits per heavy atom. The maximum absolute atomic E-state index is 12.8. The molecule has 0 unspecified atom stereocenters. The van der Waals surface area contributed by atoms with E-state index in [-0.39, 0.29) is 11.7 Å². The molecule has 0 radical (unpaired) electrons. The summed E-state index contributed by atoms with van der Waals surface area (Å²) in [6, 6.07) is 21.9. The summed E-state index contributed by atoms with van der Waals surface area (Å²) < 4.78 is 5.79. The second kappa shape index (κ2) is 10.0. The van der Waals surface area contributed by atoms with Gasteiger partial charge in [-0.3, -0.25) is 15.0 Å². The van der Waals surface area contributed by atoms with Gasteiger partial charge in [-0.15, -0.1) is 0 Å². The standard InChI is InChI=1S/C22H22N4O4/c23-15-4-16-25(22(27)24-17-7-9-19(10-8-17)26(28)29)18-11-13-21(14-12-18)30-20-5-2-1-3-6-20/h1-3,5-14H,4,15-16,23H2,(H,24,27). The topological polar surface area (TPSA) is 111 Å². The zero-order valence-electron chi connectivity index (χ0n) is 16.2. The number of hydrogen-bond acceptors (Lipinski definition) is 5. The van der Waals surface area contributed by atoms with Crippen molar-refractivity contribution in [3.05, 3.63) is 89.0 Å². The zero-order chi connectivity index (χ0) is 21.3. The van der Waals surface area contributed by atoms with Crippen molar-refractivity contribution in [2.75, 3.05) is 23.3 Å². The van der Waals surface area contributed by atoms with Crippen molar-refractivity contribution < 1.29 is 14.5 Å². The molecule has 0 bridgehead atoms. The van der Waals surface area contributed by atoms with Crippen LogP contribution in [0.2, 0.25) is 0 Å². The quantitative estimate of drug-likeness (QED) is 0.413. The molecule has 8 heteroatoms. The van der Waals surface area contributed by atoms with Gasteiger partial charge in [0.25, 0.3) is 5.69 Å². The van der Waals surface area contributed by atoms with Crippen LogP contribution < -0.4 is 20.7 Å². The van der Waals surface area contributed by atoms with Crippen molar-refractivity contribution in [2.24, 2.45) is 5.73 Å². The van der Waals surface area contributed by atoms with Crippen LogP contribution >= 0.6 is 0 Å². The van der Waals surface area contributed by atoms with E-state index in [1.807, 2.05) is 30.3 Å². The average molecular weight is 406 g/mol. The summed E-state index contributed by atoms with van der Waals surface area (Å²) in [5.41, 5.74) is 6.73. The van der Waals surface area contributed by atoms with Gasteiger partial charge in [-0.05, 0) is 61.5 Å². The molecule has 8 nitrogen and oxygen atoms in total. The summed E-state index contributed by atoms with van der Waals surface area (Å²) in [5.74, 6) is 1.38. The highest BCUT2D eigenvalue weighted by molar-refractivity contribution is 6.01. The highest BCUT2D eigenvalue weighted by Gasteiger charge is 2.16. The normalized spacial score (nSPS) is 10.3. The predicted molar refractivity (Wildman–Crippen MR) is 116 cm³/mol. The summed E-state index contributed by atoms with van der Waals surface area (Å²) in [5, 5.41) is 13.5. The van der Waals surface area contributed by atoms with Gasteiger partial charge in [0.15, 0.2) is 0 Å².